The van der Waals surface area contributed by atoms with Gasteiger partial charge in [-0.1, -0.05) is 12.1 Å². The Morgan fingerprint density at radius 3 is 2.71 bits per heavy atom. The van der Waals surface area contributed by atoms with Crippen LogP contribution >= 0.6 is 0 Å². The van der Waals surface area contributed by atoms with E-state index < -0.39 is 29.4 Å². The minimum absolute atomic E-state index is 0. The van der Waals surface area contributed by atoms with Gasteiger partial charge in [0.2, 0.25) is 12.3 Å². The fraction of sp³-hybridized carbons (Fsp3) is 0.300. The lowest BCUT2D eigenvalue weighted by atomic mass is 9.89. The maximum absolute atomic E-state index is 13.6. The minimum atomic E-state index is -4.63. The highest BCUT2D eigenvalue weighted by Gasteiger charge is 2.41. The standard InChI is InChI=1S/C30H28F3N7O4.BrH/c1-19-25(27(42)44-2)26(40-28(35-36-29(40)43)39(19)23-6-3-5-22(16-23)30(31,32)33)24-8-7-20(17-34)15-21(24)9-11-38-13-12-37(18-38)10-4-14-41;/h3,5-8,12-13,15-16,18,26,41H,4,9-11,14H2,1-2H3;1H/t26-;/m1./s1. The molecule has 0 bridgehead atoms. The average molecular weight is 689 g/mol. The number of ether oxygens (including phenoxy) is 1. The summed E-state index contributed by atoms with van der Waals surface area (Å²) in [5, 5.41) is 25.3. The second-order valence-electron chi connectivity index (χ2n) is 10.2. The number of nitriles is 1. The normalized spacial score (nSPS) is 14.5. The van der Waals surface area contributed by atoms with Crippen LogP contribution in [0.3, 0.4) is 0 Å². The van der Waals surface area contributed by atoms with E-state index in [1.54, 1.807) is 25.1 Å². The quantitative estimate of drug-likeness (QED) is 0.192. The summed E-state index contributed by atoms with van der Waals surface area (Å²) in [5.41, 5.74) is 0.249. The van der Waals surface area contributed by atoms with Crippen molar-refractivity contribution in [3.63, 3.8) is 0 Å². The molecule has 0 saturated heterocycles. The van der Waals surface area contributed by atoms with Gasteiger partial charge in [-0.05, 0) is 48.4 Å². The molecular weight excluding hydrogens is 659 g/mol. The fourth-order valence-corrected chi connectivity index (χ4v) is 5.44. The van der Waals surface area contributed by atoms with Crippen LogP contribution in [0, 0.1) is 11.3 Å². The van der Waals surface area contributed by atoms with Crippen LogP contribution in [0.5, 0.6) is 0 Å². The molecule has 3 heterocycles. The molecule has 2 N–H and O–H groups in total. The summed E-state index contributed by atoms with van der Waals surface area (Å²) in [5.74, 6) is -0.802. The number of fused-ring (bicyclic) bond motifs is 1. The monoisotopic (exact) mass is 687 g/mol. The van der Waals surface area contributed by atoms with Crippen molar-refractivity contribution in [3.05, 3.63) is 105 Å². The largest absolute Gasteiger partial charge is 1.00 e. The molecule has 0 amide bonds. The van der Waals surface area contributed by atoms with E-state index in [1.807, 2.05) is 27.9 Å². The first-order chi connectivity index (χ1) is 21.1. The maximum Gasteiger partial charge on any atom is 0.416 e. The smallest absolute Gasteiger partial charge is 0.416 e. The van der Waals surface area contributed by atoms with Crippen molar-refractivity contribution in [1.29, 1.82) is 5.26 Å². The van der Waals surface area contributed by atoms with E-state index in [-0.39, 0.29) is 46.5 Å². The van der Waals surface area contributed by atoms with Crippen LogP contribution in [-0.2, 0) is 35.2 Å². The lowest BCUT2D eigenvalue weighted by Crippen LogP contribution is -3.00. The van der Waals surface area contributed by atoms with E-state index in [1.165, 1.54) is 28.7 Å². The first-order valence-electron chi connectivity index (χ1n) is 13.7. The van der Waals surface area contributed by atoms with Gasteiger partial charge in [0.05, 0.1) is 43.0 Å². The number of imidazole rings is 1. The van der Waals surface area contributed by atoms with Crippen molar-refractivity contribution in [2.75, 3.05) is 18.6 Å². The molecule has 11 nitrogen and oxygen atoms in total. The average Bonchev–Trinajstić information content (AvgIpc) is 3.63. The molecule has 0 spiro atoms. The zero-order valence-electron chi connectivity index (χ0n) is 24.3. The number of rotatable bonds is 9. The lowest BCUT2D eigenvalue weighted by molar-refractivity contribution is -0.697. The first-order valence-corrected chi connectivity index (χ1v) is 13.7. The summed E-state index contributed by atoms with van der Waals surface area (Å²) >= 11 is 0. The molecule has 45 heavy (non-hydrogen) atoms. The van der Waals surface area contributed by atoms with E-state index in [0.29, 0.717) is 42.6 Å². The number of nitrogens with one attached hydrogen (secondary N) is 1. The van der Waals surface area contributed by atoms with Crippen molar-refractivity contribution in [2.24, 2.45) is 0 Å². The second kappa shape index (κ2) is 13.5. The van der Waals surface area contributed by atoms with Gasteiger partial charge in [0.25, 0.3) is 0 Å². The first kappa shape index (κ1) is 33.2. The van der Waals surface area contributed by atoms with E-state index in [4.69, 9.17) is 9.84 Å². The van der Waals surface area contributed by atoms with Gasteiger partial charge in [0.15, 0.2) is 0 Å². The third kappa shape index (κ3) is 6.57. The zero-order chi connectivity index (χ0) is 31.6. The molecule has 1 aliphatic heterocycles. The number of hydrogen-bond acceptors (Lipinski definition) is 7. The second-order valence-corrected chi connectivity index (χ2v) is 10.2. The SMILES string of the molecule is COC(=O)C1=C(C)N(c2cccc(C(F)(F)F)c2)c2n[nH]c(=O)n2[C@@H]1c1ccc(C#N)cc1CCn1cc[n+](CCCO)c1.[Br-]. The zero-order valence-corrected chi connectivity index (χ0v) is 25.8. The van der Waals surface area contributed by atoms with Gasteiger partial charge in [0, 0.05) is 30.8 Å². The van der Waals surface area contributed by atoms with Gasteiger partial charge in [-0.25, -0.2) is 28.4 Å². The number of esters is 1. The van der Waals surface area contributed by atoms with Gasteiger partial charge in [-0.3, -0.25) is 4.90 Å². The van der Waals surface area contributed by atoms with Crippen LogP contribution in [0.25, 0.3) is 0 Å². The minimum Gasteiger partial charge on any atom is -1.00 e. The number of nitrogens with zero attached hydrogens (tertiary/aromatic N) is 6. The Morgan fingerprint density at radius 2 is 2.02 bits per heavy atom. The summed E-state index contributed by atoms with van der Waals surface area (Å²) < 4.78 is 51.1. The Bertz CT molecular complexity index is 1840. The van der Waals surface area contributed by atoms with Gasteiger partial charge in [-0.15, -0.1) is 5.10 Å². The lowest BCUT2D eigenvalue weighted by Gasteiger charge is -2.36. The number of aliphatic hydroxyl groups is 1. The van der Waals surface area contributed by atoms with E-state index in [0.717, 1.165) is 12.1 Å². The van der Waals surface area contributed by atoms with Crippen molar-refractivity contribution in [3.8, 4) is 6.07 Å². The number of anilines is 2. The third-order valence-electron chi connectivity index (χ3n) is 7.51. The Hall–Kier alpha value is -4.68. The summed E-state index contributed by atoms with van der Waals surface area (Å²) in [6.45, 7) is 2.75. The molecule has 15 heteroatoms. The Balaban J connectivity index is 0.00000461. The topological polar surface area (TPSA) is 133 Å². The number of halogens is 4. The van der Waals surface area contributed by atoms with E-state index in [2.05, 4.69) is 16.3 Å². The summed E-state index contributed by atoms with van der Waals surface area (Å²) in [6.07, 6.45) is 2.03. The molecule has 1 aliphatic rings. The Morgan fingerprint density at radius 1 is 1.24 bits per heavy atom. The summed E-state index contributed by atoms with van der Waals surface area (Å²) in [6, 6.07) is 10.5. The van der Waals surface area contributed by atoms with Gasteiger partial charge < -0.3 is 26.8 Å². The molecule has 0 unspecified atom stereocenters. The van der Waals surface area contributed by atoms with E-state index >= 15 is 0 Å². The van der Waals surface area contributed by atoms with Crippen LogP contribution in [0.1, 0.15) is 41.6 Å². The highest BCUT2D eigenvalue weighted by Crippen LogP contribution is 2.43. The number of aromatic nitrogens is 5. The molecule has 1 atom stereocenters. The maximum atomic E-state index is 13.6. The van der Waals surface area contributed by atoms with Gasteiger partial charge in [-0.2, -0.15) is 18.4 Å². The fourth-order valence-electron chi connectivity index (χ4n) is 5.44. The Labute approximate surface area is 266 Å². The molecule has 0 radical (unpaired) electrons. The number of carbonyl (C=O) groups excluding carboxylic acids is 1. The molecule has 4 aromatic rings. The number of allylic oxidation sites excluding steroid dienone is 1. The van der Waals surface area contributed by atoms with E-state index in [9.17, 15) is 28.0 Å². The van der Waals surface area contributed by atoms with Crippen LogP contribution in [-0.4, -0.2) is 44.1 Å². The van der Waals surface area contributed by atoms with Crippen molar-refractivity contribution >= 4 is 17.6 Å². The number of methoxy groups -OCH3 is 1. The molecule has 236 valence electrons. The number of H-pyrrole nitrogens is 1. The Kier molecular flexibility index (Phi) is 9.99. The number of benzene rings is 2. The van der Waals surface area contributed by atoms with Crippen LogP contribution in [0.4, 0.5) is 24.8 Å². The molecular formula is C30H29BrF3N7O4. The number of aromatic amines is 1. The predicted octanol–water partition coefficient (Wildman–Crippen LogP) is 0.368. The summed E-state index contributed by atoms with van der Waals surface area (Å²) in [7, 11) is 1.18. The molecule has 0 aliphatic carbocycles. The number of aliphatic hydroxyl groups excluding tert-OH is 1. The van der Waals surface area contributed by atoms with Gasteiger partial charge >= 0.3 is 17.8 Å². The van der Waals surface area contributed by atoms with Crippen LogP contribution in [0.15, 0.2) is 77.3 Å². The predicted molar refractivity (Wildman–Crippen MR) is 150 cm³/mol. The van der Waals surface area contributed by atoms with Crippen molar-refractivity contribution < 1.29 is 49.4 Å². The van der Waals surface area contributed by atoms with Gasteiger partial charge in [0.1, 0.15) is 18.4 Å². The highest BCUT2D eigenvalue weighted by atomic mass is 79.9. The molecule has 2 aromatic carbocycles. The highest BCUT2D eigenvalue weighted by molar-refractivity contribution is 5.93. The molecule has 0 saturated carbocycles. The van der Waals surface area contributed by atoms with Crippen LogP contribution in [0.2, 0.25) is 0 Å². The summed E-state index contributed by atoms with van der Waals surface area (Å²) in [4.78, 5) is 28.0. The van der Waals surface area contributed by atoms with Crippen molar-refractivity contribution in [1.82, 2.24) is 19.3 Å². The number of carbonyl (C=O) groups is 1. The molecule has 2 aromatic heterocycles. The van der Waals surface area contributed by atoms with Crippen LogP contribution < -0.4 is 32.1 Å². The molecule has 5 rings (SSSR count). The number of hydrogen-bond donors (Lipinski definition) is 2. The number of aryl methyl sites for hydroxylation is 3. The number of alkyl halides is 3. The molecule has 0 fully saturated rings. The van der Waals surface area contributed by atoms with Crippen molar-refractivity contribution in [2.45, 2.75) is 45.1 Å². The third-order valence-corrected chi connectivity index (χ3v) is 7.51.